The van der Waals surface area contributed by atoms with E-state index in [4.69, 9.17) is 0 Å². The summed E-state index contributed by atoms with van der Waals surface area (Å²) in [5.74, 6) is 1.57. The highest BCUT2D eigenvalue weighted by Gasteiger charge is 2.07. The molecule has 8 heteroatoms. The van der Waals surface area contributed by atoms with Crippen LogP contribution in [-0.2, 0) is 6.54 Å². The number of hydrogen-bond acceptors (Lipinski definition) is 4. The average molecular weight is 532 g/mol. The Labute approximate surface area is 200 Å². The molecule has 2 aromatic carbocycles. The van der Waals surface area contributed by atoms with Crippen LogP contribution in [0, 0.1) is 0 Å². The molecule has 0 radical (unpaired) electrons. The number of halogens is 1. The minimum absolute atomic E-state index is 0. The van der Waals surface area contributed by atoms with E-state index in [2.05, 4.69) is 38.1 Å². The minimum atomic E-state index is 0. The van der Waals surface area contributed by atoms with Gasteiger partial charge in [-0.2, -0.15) is 0 Å². The van der Waals surface area contributed by atoms with Crippen molar-refractivity contribution in [3.63, 3.8) is 0 Å². The van der Waals surface area contributed by atoms with E-state index in [1.165, 1.54) is 0 Å². The van der Waals surface area contributed by atoms with Crippen LogP contribution >= 0.6 is 24.0 Å². The SMILES string of the molecule is CN=C(NCCNc1ccc2ccccc2n1)NCc1ccc(C(=O)N(C)C)cc1.I. The van der Waals surface area contributed by atoms with E-state index in [-0.39, 0.29) is 29.9 Å². The molecule has 0 aliphatic carbocycles. The Hall–Kier alpha value is -2.88. The van der Waals surface area contributed by atoms with Crippen molar-refractivity contribution in [1.29, 1.82) is 0 Å². The van der Waals surface area contributed by atoms with Crippen molar-refractivity contribution in [1.82, 2.24) is 20.5 Å². The molecule has 0 fully saturated rings. The van der Waals surface area contributed by atoms with Crippen molar-refractivity contribution in [2.75, 3.05) is 39.5 Å². The number of pyridine rings is 1. The average Bonchev–Trinajstić information content (AvgIpc) is 2.78. The van der Waals surface area contributed by atoms with E-state index in [0.717, 1.165) is 28.2 Å². The third kappa shape index (κ3) is 7.09. The fourth-order valence-corrected chi connectivity index (χ4v) is 2.97. The summed E-state index contributed by atoms with van der Waals surface area (Å²) in [7, 11) is 5.24. The third-order valence-corrected chi connectivity index (χ3v) is 4.61. The van der Waals surface area contributed by atoms with E-state index in [1.54, 1.807) is 26.0 Å². The fourth-order valence-electron chi connectivity index (χ4n) is 2.97. The molecule has 3 rings (SSSR count). The summed E-state index contributed by atoms with van der Waals surface area (Å²) in [6.07, 6.45) is 0. The number of fused-ring (bicyclic) bond motifs is 1. The van der Waals surface area contributed by atoms with Crippen molar-refractivity contribution in [3.05, 3.63) is 71.8 Å². The van der Waals surface area contributed by atoms with Crippen LogP contribution < -0.4 is 16.0 Å². The maximum Gasteiger partial charge on any atom is 0.253 e. The van der Waals surface area contributed by atoms with Gasteiger partial charge in [0, 0.05) is 51.7 Å². The molecule has 0 saturated carbocycles. The molecule has 0 spiro atoms. The third-order valence-electron chi connectivity index (χ3n) is 4.61. The normalized spacial score (nSPS) is 10.9. The lowest BCUT2D eigenvalue weighted by molar-refractivity contribution is 0.0827. The van der Waals surface area contributed by atoms with Crippen LogP contribution in [0.4, 0.5) is 5.82 Å². The van der Waals surface area contributed by atoms with Crippen molar-refractivity contribution in [3.8, 4) is 0 Å². The molecule has 0 bridgehead atoms. The molecule has 0 unspecified atom stereocenters. The Balaban J connectivity index is 0.00000341. The van der Waals surface area contributed by atoms with Crippen LogP contribution in [-0.4, -0.2) is 56.0 Å². The van der Waals surface area contributed by atoms with E-state index >= 15 is 0 Å². The second-order valence-corrected chi connectivity index (χ2v) is 7.07. The molecule has 0 aliphatic heterocycles. The molecule has 0 atom stereocenters. The zero-order valence-electron chi connectivity index (χ0n) is 18.1. The summed E-state index contributed by atoms with van der Waals surface area (Å²) in [5, 5.41) is 11.0. The summed E-state index contributed by atoms with van der Waals surface area (Å²) >= 11 is 0. The number of amides is 1. The maximum absolute atomic E-state index is 12.0. The Bertz CT molecular complexity index is 1020. The van der Waals surface area contributed by atoms with Gasteiger partial charge in [-0.05, 0) is 35.9 Å². The summed E-state index contributed by atoms with van der Waals surface area (Å²) in [4.78, 5) is 22.4. The van der Waals surface area contributed by atoms with Gasteiger partial charge in [0.1, 0.15) is 5.82 Å². The monoisotopic (exact) mass is 532 g/mol. The number of aromatic nitrogens is 1. The van der Waals surface area contributed by atoms with Crippen LogP contribution in [0.25, 0.3) is 10.9 Å². The number of carbonyl (C=O) groups excluding carboxylic acids is 1. The molecule has 3 aromatic rings. The van der Waals surface area contributed by atoms with Gasteiger partial charge in [-0.1, -0.05) is 30.3 Å². The van der Waals surface area contributed by atoms with Crippen LogP contribution in [0.1, 0.15) is 15.9 Å². The molecule has 1 aromatic heterocycles. The Morgan fingerprint density at radius 1 is 0.968 bits per heavy atom. The fraction of sp³-hybridized carbons (Fsp3) is 0.261. The molecular formula is C23H29IN6O. The number of aliphatic imine (C=N–C) groups is 1. The van der Waals surface area contributed by atoms with Gasteiger partial charge in [0.25, 0.3) is 5.91 Å². The zero-order chi connectivity index (χ0) is 21.3. The van der Waals surface area contributed by atoms with Crippen molar-refractivity contribution >= 4 is 52.6 Å². The first kappa shape index (κ1) is 24.4. The molecule has 7 nitrogen and oxygen atoms in total. The topological polar surface area (TPSA) is 81.6 Å². The first-order chi connectivity index (χ1) is 14.6. The quantitative estimate of drug-likeness (QED) is 0.188. The summed E-state index contributed by atoms with van der Waals surface area (Å²) in [5.41, 5.74) is 2.73. The molecule has 0 saturated heterocycles. The van der Waals surface area contributed by atoms with Crippen LogP contribution in [0.2, 0.25) is 0 Å². The number of nitrogens with one attached hydrogen (secondary N) is 3. The number of para-hydroxylation sites is 1. The van der Waals surface area contributed by atoms with Gasteiger partial charge in [0.2, 0.25) is 0 Å². The number of benzene rings is 2. The highest BCUT2D eigenvalue weighted by atomic mass is 127. The van der Waals surface area contributed by atoms with Gasteiger partial charge >= 0.3 is 0 Å². The van der Waals surface area contributed by atoms with E-state index in [1.807, 2.05) is 48.5 Å². The van der Waals surface area contributed by atoms with Gasteiger partial charge < -0.3 is 20.9 Å². The second-order valence-electron chi connectivity index (χ2n) is 7.07. The van der Waals surface area contributed by atoms with E-state index < -0.39 is 0 Å². The standard InChI is InChI=1S/C23H28N6O.HI/c1-24-23(27-16-17-8-10-19(11-9-17)22(30)29(2)3)26-15-14-25-21-13-12-18-6-4-5-7-20(18)28-21;/h4-13H,14-16H2,1-3H3,(H,25,28)(H2,24,26,27);1H. The van der Waals surface area contributed by atoms with Gasteiger partial charge in [-0.15, -0.1) is 24.0 Å². The molecule has 3 N–H and O–H groups in total. The second kappa shape index (κ2) is 12.1. The van der Waals surface area contributed by atoms with Crippen molar-refractivity contribution in [2.45, 2.75) is 6.54 Å². The summed E-state index contributed by atoms with van der Waals surface area (Å²) in [6, 6.07) is 19.7. The molecule has 1 heterocycles. The van der Waals surface area contributed by atoms with Crippen LogP contribution in [0.5, 0.6) is 0 Å². The van der Waals surface area contributed by atoms with Crippen LogP contribution in [0.3, 0.4) is 0 Å². The maximum atomic E-state index is 12.0. The lowest BCUT2D eigenvalue weighted by Crippen LogP contribution is -2.39. The summed E-state index contributed by atoms with van der Waals surface area (Å²) < 4.78 is 0. The number of anilines is 1. The van der Waals surface area contributed by atoms with Gasteiger partial charge in [-0.25, -0.2) is 4.98 Å². The van der Waals surface area contributed by atoms with Gasteiger partial charge in [0.15, 0.2) is 5.96 Å². The molecule has 31 heavy (non-hydrogen) atoms. The molecule has 0 aliphatic rings. The lowest BCUT2D eigenvalue weighted by atomic mass is 10.1. The zero-order valence-corrected chi connectivity index (χ0v) is 20.4. The lowest BCUT2D eigenvalue weighted by Gasteiger charge is -2.13. The number of carbonyl (C=O) groups is 1. The van der Waals surface area contributed by atoms with Crippen LogP contribution in [0.15, 0.2) is 65.7 Å². The first-order valence-corrected chi connectivity index (χ1v) is 9.91. The van der Waals surface area contributed by atoms with E-state index in [9.17, 15) is 4.79 Å². The predicted octanol–water partition coefficient (Wildman–Crippen LogP) is 3.33. The predicted molar refractivity (Wildman–Crippen MR) is 138 cm³/mol. The Kier molecular flexibility index (Phi) is 9.51. The highest BCUT2D eigenvalue weighted by molar-refractivity contribution is 14.0. The molecule has 164 valence electrons. The van der Waals surface area contributed by atoms with Crippen molar-refractivity contribution < 1.29 is 4.79 Å². The van der Waals surface area contributed by atoms with Crippen molar-refractivity contribution in [2.24, 2.45) is 4.99 Å². The minimum Gasteiger partial charge on any atom is -0.368 e. The number of hydrogen-bond donors (Lipinski definition) is 3. The molecule has 1 amide bonds. The number of rotatable bonds is 7. The number of guanidine groups is 1. The Morgan fingerprint density at radius 2 is 1.71 bits per heavy atom. The number of nitrogens with zero attached hydrogens (tertiary/aromatic N) is 3. The summed E-state index contributed by atoms with van der Waals surface area (Å²) in [6.45, 7) is 2.04. The van der Waals surface area contributed by atoms with E-state index in [0.29, 0.717) is 25.2 Å². The van der Waals surface area contributed by atoms with Gasteiger partial charge in [-0.3, -0.25) is 9.79 Å². The molecular weight excluding hydrogens is 503 g/mol. The van der Waals surface area contributed by atoms with Gasteiger partial charge in [0.05, 0.1) is 5.52 Å². The Morgan fingerprint density at radius 3 is 2.42 bits per heavy atom. The highest BCUT2D eigenvalue weighted by Crippen LogP contribution is 2.14. The largest absolute Gasteiger partial charge is 0.368 e. The first-order valence-electron chi connectivity index (χ1n) is 9.91. The smallest absolute Gasteiger partial charge is 0.253 e.